The van der Waals surface area contributed by atoms with Crippen molar-refractivity contribution in [1.82, 2.24) is 0 Å². The van der Waals surface area contributed by atoms with Crippen molar-refractivity contribution in [3.63, 3.8) is 0 Å². The van der Waals surface area contributed by atoms with Gasteiger partial charge in [-0.05, 0) is 36.8 Å². The summed E-state index contributed by atoms with van der Waals surface area (Å²) in [6, 6.07) is 7.77. The minimum absolute atomic E-state index is 0.551. The Kier molecular flexibility index (Phi) is 1.44. The summed E-state index contributed by atoms with van der Waals surface area (Å²) in [5, 5.41) is 19.7. The lowest BCUT2D eigenvalue weighted by molar-refractivity contribution is 0.147. The highest BCUT2D eigenvalue weighted by Crippen LogP contribution is 2.48. The maximum absolute atomic E-state index is 9.85. The lowest BCUT2D eigenvalue weighted by atomic mass is 10.0. The quantitative estimate of drug-likeness (QED) is 0.744. The number of benzene rings is 1. The van der Waals surface area contributed by atoms with Crippen LogP contribution in [0.5, 0.6) is 0 Å². The molecule has 0 atom stereocenters. The van der Waals surface area contributed by atoms with Gasteiger partial charge in [0, 0.05) is 0 Å². The maximum Gasteiger partial charge on any atom is 0.0899 e. The molecule has 0 spiro atoms. The van der Waals surface area contributed by atoms with Crippen molar-refractivity contribution in [1.29, 1.82) is 0 Å². The molecule has 14 heavy (non-hydrogen) atoms. The first-order valence-corrected chi connectivity index (χ1v) is 5.18. The van der Waals surface area contributed by atoms with Gasteiger partial charge >= 0.3 is 0 Å². The summed E-state index contributed by atoms with van der Waals surface area (Å²) >= 11 is 0. The fourth-order valence-corrected chi connectivity index (χ4v) is 1.90. The second kappa shape index (κ2) is 2.38. The monoisotopic (exact) mass is 190 g/mol. The van der Waals surface area contributed by atoms with Crippen molar-refractivity contribution in [3.05, 3.63) is 35.4 Å². The molecule has 0 saturated heterocycles. The molecule has 3 rings (SSSR count). The largest absolute Gasteiger partial charge is 0.385 e. The van der Waals surface area contributed by atoms with E-state index in [9.17, 15) is 10.2 Å². The van der Waals surface area contributed by atoms with Crippen LogP contribution in [-0.4, -0.2) is 10.2 Å². The average Bonchev–Trinajstić information content (AvgIpc) is 3.08. The number of hydrogen-bond donors (Lipinski definition) is 2. The number of aliphatic hydroxyl groups is 2. The zero-order valence-corrected chi connectivity index (χ0v) is 8.03. The van der Waals surface area contributed by atoms with Gasteiger partial charge in [0.1, 0.15) is 0 Å². The zero-order chi connectivity index (χ0) is 9.81. The van der Waals surface area contributed by atoms with Crippen LogP contribution < -0.4 is 0 Å². The Morgan fingerprint density at radius 2 is 1.00 bits per heavy atom. The first-order valence-electron chi connectivity index (χ1n) is 5.18. The lowest BCUT2D eigenvalue weighted by Gasteiger charge is -2.11. The summed E-state index contributed by atoms with van der Waals surface area (Å²) in [4.78, 5) is 0. The first-order chi connectivity index (χ1) is 6.62. The van der Waals surface area contributed by atoms with Crippen LogP contribution in [0.25, 0.3) is 0 Å². The molecule has 2 N–H and O–H groups in total. The van der Waals surface area contributed by atoms with Crippen LogP contribution in [0.1, 0.15) is 36.8 Å². The first kappa shape index (κ1) is 8.45. The Morgan fingerprint density at radius 1 is 0.714 bits per heavy atom. The van der Waals surface area contributed by atoms with Crippen LogP contribution in [0.2, 0.25) is 0 Å². The molecule has 0 aromatic heterocycles. The molecule has 2 aliphatic carbocycles. The van der Waals surface area contributed by atoms with E-state index in [0.29, 0.717) is 0 Å². The van der Waals surface area contributed by atoms with Gasteiger partial charge in [-0.2, -0.15) is 0 Å². The van der Waals surface area contributed by atoms with Crippen molar-refractivity contribution in [2.75, 3.05) is 0 Å². The highest BCUT2D eigenvalue weighted by molar-refractivity contribution is 5.35. The lowest BCUT2D eigenvalue weighted by Crippen LogP contribution is -2.07. The van der Waals surface area contributed by atoms with Crippen LogP contribution in [-0.2, 0) is 11.2 Å². The van der Waals surface area contributed by atoms with Crippen LogP contribution >= 0.6 is 0 Å². The van der Waals surface area contributed by atoms with Crippen LogP contribution in [0.15, 0.2) is 24.3 Å². The fraction of sp³-hybridized carbons (Fsp3) is 0.500. The second-order valence-electron chi connectivity index (χ2n) is 4.64. The van der Waals surface area contributed by atoms with Gasteiger partial charge in [0.2, 0.25) is 0 Å². The van der Waals surface area contributed by atoms with Gasteiger partial charge in [0.25, 0.3) is 0 Å². The van der Waals surface area contributed by atoms with E-state index in [1.54, 1.807) is 0 Å². The van der Waals surface area contributed by atoms with Gasteiger partial charge in [-0.25, -0.2) is 0 Å². The zero-order valence-electron chi connectivity index (χ0n) is 8.03. The van der Waals surface area contributed by atoms with E-state index in [0.717, 1.165) is 36.8 Å². The van der Waals surface area contributed by atoms with Gasteiger partial charge in [0.15, 0.2) is 0 Å². The summed E-state index contributed by atoms with van der Waals surface area (Å²) in [6.07, 6.45) is 3.49. The SMILES string of the molecule is OC1(c2ccc(C3(O)CC3)cc2)CC1. The van der Waals surface area contributed by atoms with Gasteiger partial charge in [-0.3, -0.25) is 0 Å². The van der Waals surface area contributed by atoms with E-state index in [1.807, 2.05) is 24.3 Å². The molecule has 0 heterocycles. The Labute approximate surface area is 83.2 Å². The van der Waals surface area contributed by atoms with Gasteiger partial charge in [0.05, 0.1) is 11.2 Å². The van der Waals surface area contributed by atoms with Gasteiger partial charge < -0.3 is 10.2 Å². The van der Waals surface area contributed by atoms with E-state index >= 15 is 0 Å². The van der Waals surface area contributed by atoms with Crippen LogP contribution in [0.4, 0.5) is 0 Å². The number of rotatable bonds is 2. The Morgan fingerprint density at radius 3 is 1.21 bits per heavy atom. The third-order valence-corrected chi connectivity index (χ3v) is 3.41. The topological polar surface area (TPSA) is 40.5 Å². The summed E-state index contributed by atoms with van der Waals surface area (Å²) in [5.74, 6) is 0. The molecule has 0 amide bonds. The smallest absolute Gasteiger partial charge is 0.0899 e. The Balaban J connectivity index is 1.91. The molecule has 0 unspecified atom stereocenters. The normalized spacial score (nSPS) is 25.9. The highest BCUT2D eigenvalue weighted by atomic mass is 16.3. The van der Waals surface area contributed by atoms with Crippen molar-refractivity contribution < 1.29 is 10.2 Å². The van der Waals surface area contributed by atoms with Crippen LogP contribution in [0.3, 0.4) is 0 Å². The Hall–Kier alpha value is -0.860. The number of hydrogen-bond acceptors (Lipinski definition) is 2. The van der Waals surface area contributed by atoms with Crippen molar-refractivity contribution in [2.24, 2.45) is 0 Å². The molecule has 2 aliphatic rings. The molecular weight excluding hydrogens is 176 g/mol. The van der Waals surface area contributed by atoms with Crippen molar-refractivity contribution >= 4 is 0 Å². The molecule has 2 nitrogen and oxygen atoms in total. The van der Waals surface area contributed by atoms with E-state index in [1.165, 1.54) is 0 Å². The summed E-state index contributed by atoms with van der Waals surface area (Å²) in [5.41, 5.74) is 0.881. The van der Waals surface area contributed by atoms with Gasteiger partial charge in [-0.15, -0.1) is 0 Å². The predicted molar refractivity (Wildman–Crippen MR) is 52.7 cm³/mol. The van der Waals surface area contributed by atoms with E-state index in [4.69, 9.17) is 0 Å². The highest BCUT2D eigenvalue weighted by Gasteiger charge is 2.44. The van der Waals surface area contributed by atoms with E-state index < -0.39 is 11.2 Å². The Bertz CT molecular complexity index is 321. The maximum atomic E-state index is 9.85. The van der Waals surface area contributed by atoms with Crippen LogP contribution in [0, 0.1) is 0 Å². The molecule has 1 aromatic rings. The van der Waals surface area contributed by atoms with E-state index in [-0.39, 0.29) is 0 Å². The second-order valence-corrected chi connectivity index (χ2v) is 4.64. The average molecular weight is 190 g/mol. The standard InChI is InChI=1S/C12H14O2/c13-11(5-6-11)9-1-2-10(4-3-9)12(14)7-8-12/h1-4,13-14H,5-8H2. The van der Waals surface area contributed by atoms with Gasteiger partial charge in [-0.1, -0.05) is 24.3 Å². The van der Waals surface area contributed by atoms with Crippen molar-refractivity contribution in [2.45, 2.75) is 36.9 Å². The molecule has 0 aliphatic heterocycles. The fourth-order valence-electron chi connectivity index (χ4n) is 1.90. The molecule has 0 radical (unpaired) electrons. The molecule has 0 bridgehead atoms. The third-order valence-electron chi connectivity index (χ3n) is 3.41. The molecular formula is C12H14O2. The predicted octanol–water partition coefficient (Wildman–Crippen LogP) is 1.65. The minimum Gasteiger partial charge on any atom is -0.385 e. The summed E-state index contributed by atoms with van der Waals surface area (Å²) < 4.78 is 0. The summed E-state index contributed by atoms with van der Waals surface area (Å²) in [7, 11) is 0. The molecule has 2 fully saturated rings. The minimum atomic E-state index is -0.551. The third kappa shape index (κ3) is 1.18. The molecule has 2 saturated carbocycles. The molecule has 2 heteroatoms. The summed E-state index contributed by atoms with van der Waals surface area (Å²) in [6.45, 7) is 0. The van der Waals surface area contributed by atoms with Crippen molar-refractivity contribution in [3.8, 4) is 0 Å². The molecule has 74 valence electrons. The molecule has 1 aromatic carbocycles. The van der Waals surface area contributed by atoms with E-state index in [2.05, 4.69) is 0 Å².